The monoisotopic (exact) mass is 333 g/mol. The van der Waals surface area contributed by atoms with Gasteiger partial charge in [-0.1, -0.05) is 0 Å². The van der Waals surface area contributed by atoms with Gasteiger partial charge >= 0.3 is 0 Å². The molecule has 0 saturated carbocycles. The zero-order valence-corrected chi connectivity index (χ0v) is 13.8. The average Bonchev–Trinajstić information content (AvgIpc) is 3.05. The minimum Gasteiger partial charge on any atom is -0.342 e. The van der Waals surface area contributed by atoms with E-state index in [1.54, 1.807) is 12.1 Å². The molecule has 6 heteroatoms. The molecule has 0 radical (unpaired) electrons. The molecule has 1 unspecified atom stereocenters. The first kappa shape index (κ1) is 16.9. The summed E-state index contributed by atoms with van der Waals surface area (Å²) in [5.41, 5.74) is 0.585. The minimum absolute atomic E-state index is 0.0155. The van der Waals surface area contributed by atoms with Crippen molar-refractivity contribution < 1.29 is 14.0 Å². The SMILES string of the molecule is O=C(CN1CCC(C(=O)N2CCCCC2)C1)Nc1ccc(F)cc1. The third-order valence-electron chi connectivity index (χ3n) is 4.78. The van der Waals surface area contributed by atoms with Gasteiger partial charge in [0.1, 0.15) is 5.82 Å². The Morgan fingerprint density at radius 1 is 1.08 bits per heavy atom. The van der Waals surface area contributed by atoms with Crippen LogP contribution in [0.4, 0.5) is 10.1 Å². The standard InChI is InChI=1S/C18H24FN3O2/c19-15-4-6-16(7-5-15)20-17(23)13-21-11-8-14(12-21)18(24)22-9-2-1-3-10-22/h4-7,14H,1-3,8-13H2,(H,20,23). The summed E-state index contributed by atoms with van der Waals surface area (Å²) in [6.07, 6.45) is 4.23. The fraction of sp³-hybridized carbons (Fsp3) is 0.556. The van der Waals surface area contributed by atoms with Crippen LogP contribution in [0.1, 0.15) is 25.7 Å². The van der Waals surface area contributed by atoms with E-state index >= 15 is 0 Å². The number of nitrogens with zero attached hydrogens (tertiary/aromatic N) is 2. The Balaban J connectivity index is 1.46. The fourth-order valence-electron chi connectivity index (χ4n) is 3.49. The highest BCUT2D eigenvalue weighted by atomic mass is 19.1. The summed E-state index contributed by atoms with van der Waals surface area (Å²) in [5.74, 6) is -0.197. The predicted molar refractivity (Wildman–Crippen MR) is 90.0 cm³/mol. The zero-order chi connectivity index (χ0) is 16.9. The van der Waals surface area contributed by atoms with Gasteiger partial charge in [0.15, 0.2) is 0 Å². The highest BCUT2D eigenvalue weighted by Gasteiger charge is 2.32. The molecule has 2 saturated heterocycles. The number of anilines is 1. The molecule has 0 aliphatic carbocycles. The van der Waals surface area contributed by atoms with E-state index in [2.05, 4.69) is 5.32 Å². The lowest BCUT2D eigenvalue weighted by molar-refractivity contribution is -0.136. The first-order valence-corrected chi connectivity index (χ1v) is 8.68. The third kappa shape index (κ3) is 4.32. The maximum Gasteiger partial charge on any atom is 0.238 e. The Bertz CT molecular complexity index is 584. The second-order valence-corrected chi connectivity index (χ2v) is 6.66. The molecule has 1 atom stereocenters. The molecule has 0 aromatic heterocycles. The van der Waals surface area contributed by atoms with Crippen molar-refractivity contribution in [1.82, 2.24) is 9.80 Å². The molecule has 1 aromatic rings. The van der Waals surface area contributed by atoms with Crippen molar-refractivity contribution in [2.24, 2.45) is 5.92 Å². The van der Waals surface area contributed by atoms with Gasteiger partial charge in [0.25, 0.3) is 0 Å². The van der Waals surface area contributed by atoms with Crippen molar-refractivity contribution in [2.75, 3.05) is 38.0 Å². The van der Waals surface area contributed by atoms with Crippen molar-refractivity contribution in [3.8, 4) is 0 Å². The lowest BCUT2D eigenvalue weighted by atomic mass is 10.0. The van der Waals surface area contributed by atoms with Crippen LogP contribution < -0.4 is 5.32 Å². The molecule has 0 spiro atoms. The molecule has 2 aliphatic rings. The summed E-state index contributed by atoms with van der Waals surface area (Å²) >= 11 is 0. The van der Waals surface area contributed by atoms with Crippen LogP contribution in [0.5, 0.6) is 0 Å². The molecule has 2 aliphatic heterocycles. The molecular weight excluding hydrogens is 309 g/mol. The Morgan fingerprint density at radius 2 is 1.79 bits per heavy atom. The number of carbonyl (C=O) groups is 2. The first-order valence-electron chi connectivity index (χ1n) is 8.68. The number of halogens is 1. The van der Waals surface area contributed by atoms with E-state index in [0.717, 1.165) is 38.9 Å². The van der Waals surface area contributed by atoms with Crippen LogP contribution >= 0.6 is 0 Å². The van der Waals surface area contributed by atoms with Crippen LogP contribution in [0.3, 0.4) is 0 Å². The Hall–Kier alpha value is -1.95. The highest BCUT2D eigenvalue weighted by Crippen LogP contribution is 2.21. The lowest BCUT2D eigenvalue weighted by Gasteiger charge is -2.29. The van der Waals surface area contributed by atoms with Crippen molar-refractivity contribution in [3.63, 3.8) is 0 Å². The van der Waals surface area contributed by atoms with Crippen LogP contribution in [0.15, 0.2) is 24.3 Å². The van der Waals surface area contributed by atoms with E-state index in [-0.39, 0.29) is 30.1 Å². The number of amides is 2. The van der Waals surface area contributed by atoms with Crippen LogP contribution in [0.2, 0.25) is 0 Å². The first-order chi connectivity index (χ1) is 11.6. The van der Waals surface area contributed by atoms with Gasteiger partial charge in [0.2, 0.25) is 11.8 Å². The smallest absolute Gasteiger partial charge is 0.238 e. The maximum atomic E-state index is 12.9. The minimum atomic E-state index is -0.327. The van der Waals surface area contributed by atoms with Crippen molar-refractivity contribution in [2.45, 2.75) is 25.7 Å². The van der Waals surface area contributed by atoms with E-state index in [4.69, 9.17) is 0 Å². The molecular formula is C18H24FN3O2. The Labute approximate surface area is 141 Å². The van der Waals surface area contributed by atoms with Gasteiger partial charge in [-0.3, -0.25) is 14.5 Å². The summed E-state index contributed by atoms with van der Waals surface area (Å²) in [4.78, 5) is 28.6. The number of benzene rings is 1. The second-order valence-electron chi connectivity index (χ2n) is 6.66. The van der Waals surface area contributed by atoms with Gasteiger partial charge in [-0.2, -0.15) is 0 Å². The van der Waals surface area contributed by atoms with Crippen molar-refractivity contribution in [3.05, 3.63) is 30.1 Å². The molecule has 0 bridgehead atoms. The topological polar surface area (TPSA) is 52.7 Å². The normalized spacial score (nSPS) is 21.7. The number of nitrogens with one attached hydrogen (secondary N) is 1. The molecule has 130 valence electrons. The van der Waals surface area contributed by atoms with E-state index in [1.807, 2.05) is 9.80 Å². The van der Waals surface area contributed by atoms with Gasteiger partial charge in [-0.15, -0.1) is 0 Å². The summed E-state index contributed by atoms with van der Waals surface area (Å²) in [7, 11) is 0. The van der Waals surface area contributed by atoms with Gasteiger partial charge in [-0.05, 0) is 56.5 Å². The third-order valence-corrected chi connectivity index (χ3v) is 4.78. The molecule has 2 heterocycles. The van der Waals surface area contributed by atoms with E-state index in [1.165, 1.54) is 18.6 Å². The molecule has 5 nitrogen and oxygen atoms in total. The van der Waals surface area contributed by atoms with Crippen molar-refractivity contribution in [1.29, 1.82) is 0 Å². The van der Waals surface area contributed by atoms with Crippen LogP contribution in [-0.2, 0) is 9.59 Å². The molecule has 2 fully saturated rings. The number of hydrogen-bond donors (Lipinski definition) is 1. The summed E-state index contributed by atoms with van der Waals surface area (Å²) in [5, 5.41) is 2.76. The molecule has 2 amide bonds. The Kier molecular flexibility index (Phi) is 5.45. The lowest BCUT2D eigenvalue weighted by Crippen LogP contribution is -2.41. The van der Waals surface area contributed by atoms with Crippen LogP contribution in [-0.4, -0.2) is 54.3 Å². The highest BCUT2D eigenvalue weighted by molar-refractivity contribution is 5.92. The quantitative estimate of drug-likeness (QED) is 0.918. The Morgan fingerprint density at radius 3 is 2.50 bits per heavy atom. The number of carbonyl (C=O) groups excluding carboxylic acids is 2. The van der Waals surface area contributed by atoms with Gasteiger partial charge in [-0.25, -0.2) is 4.39 Å². The summed E-state index contributed by atoms with van der Waals surface area (Å²) < 4.78 is 12.9. The number of hydrogen-bond acceptors (Lipinski definition) is 3. The molecule has 1 N–H and O–H groups in total. The van der Waals surface area contributed by atoms with E-state index < -0.39 is 0 Å². The predicted octanol–water partition coefficient (Wildman–Crippen LogP) is 2.10. The summed E-state index contributed by atoms with van der Waals surface area (Å²) in [6, 6.07) is 5.72. The number of rotatable bonds is 4. The fourth-order valence-corrected chi connectivity index (χ4v) is 3.49. The van der Waals surface area contributed by atoms with E-state index in [0.29, 0.717) is 12.2 Å². The average molecular weight is 333 g/mol. The molecule has 3 rings (SSSR count). The van der Waals surface area contributed by atoms with Gasteiger partial charge in [0, 0.05) is 25.3 Å². The molecule has 1 aromatic carbocycles. The second kappa shape index (κ2) is 7.75. The van der Waals surface area contributed by atoms with Crippen LogP contribution in [0.25, 0.3) is 0 Å². The summed E-state index contributed by atoms with van der Waals surface area (Å²) in [6.45, 7) is 3.43. The maximum absolute atomic E-state index is 12.9. The van der Waals surface area contributed by atoms with Gasteiger partial charge < -0.3 is 10.2 Å². The van der Waals surface area contributed by atoms with Crippen molar-refractivity contribution >= 4 is 17.5 Å². The zero-order valence-electron chi connectivity index (χ0n) is 13.8. The largest absolute Gasteiger partial charge is 0.342 e. The van der Waals surface area contributed by atoms with Crippen LogP contribution in [0, 0.1) is 11.7 Å². The number of likely N-dealkylation sites (tertiary alicyclic amines) is 2. The molecule has 24 heavy (non-hydrogen) atoms. The van der Waals surface area contributed by atoms with E-state index in [9.17, 15) is 14.0 Å². The number of piperidine rings is 1. The van der Waals surface area contributed by atoms with Gasteiger partial charge in [0.05, 0.1) is 12.5 Å².